The molecule has 0 bridgehead atoms. The molecule has 0 aliphatic heterocycles. The number of benzene rings is 4. The molecule has 7 amide bonds. The number of nitrogens with two attached hydrogens (primary N) is 3. The van der Waals surface area contributed by atoms with Gasteiger partial charge in [0.2, 0.25) is 41.4 Å². The fourth-order valence-electron chi connectivity index (χ4n) is 8.00. The van der Waals surface area contributed by atoms with Crippen LogP contribution in [0.15, 0.2) is 116 Å². The van der Waals surface area contributed by atoms with Crippen molar-refractivity contribution in [1.82, 2.24) is 46.9 Å². The Balaban J connectivity index is 0.00000146. The fraction of sp³-hybridized carbons (Fsp3) is 0.340. The lowest BCUT2D eigenvalue weighted by Gasteiger charge is -2.27. The number of H-pyrrole nitrogens is 2. The number of nitrogens with one attached hydrogen (secondary N) is 8. The van der Waals surface area contributed by atoms with Gasteiger partial charge in [0.1, 0.15) is 36.3 Å². The highest BCUT2D eigenvalue weighted by atomic mass is 19.4. The van der Waals surface area contributed by atoms with Crippen LogP contribution in [0.1, 0.15) is 55.5 Å². The molecule has 15 N–H and O–H groups in total. The lowest BCUT2D eigenvalue weighted by molar-refractivity contribution is -0.192. The molecule has 24 heteroatoms. The van der Waals surface area contributed by atoms with Gasteiger partial charge in [0.05, 0.1) is 12.4 Å². The Morgan fingerprint density at radius 3 is 1.74 bits per heavy atom. The second-order valence-corrected chi connectivity index (χ2v) is 18.2. The van der Waals surface area contributed by atoms with Crippen molar-refractivity contribution >= 4 is 69.0 Å². The second-order valence-electron chi connectivity index (χ2n) is 18.2. The van der Waals surface area contributed by atoms with Crippen molar-refractivity contribution in [3.05, 3.63) is 138 Å². The van der Waals surface area contributed by atoms with E-state index in [-0.39, 0.29) is 32.1 Å². The summed E-state index contributed by atoms with van der Waals surface area (Å²) in [6, 6.07) is 21.5. The zero-order chi connectivity index (χ0) is 56.2. The number of fused-ring (bicyclic) bond motifs is 2. The van der Waals surface area contributed by atoms with Gasteiger partial charge in [-0.15, -0.1) is 0 Å². The number of carboxylic acid groups (broad SMARTS) is 1. The number of unbranched alkanes of at least 4 members (excludes halogenated alkanes) is 1. The maximum absolute atomic E-state index is 14.5. The molecule has 2 heterocycles. The predicted octanol–water partition coefficient (Wildman–Crippen LogP) is 1.84. The minimum absolute atomic E-state index is 0.00167. The molecule has 0 unspecified atom stereocenters. The molecule has 21 nitrogen and oxygen atoms in total. The Labute approximate surface area is 440 Å². The first-order chi connectivity index (χ1) is 36.6. The van der Waals surface area contributed by atoms with Crippen LogP contribution < -0.4 is 49.1 Å². The van der Waals surface area contributed by atoms with Gasteiger partial charge in [-0.3, -0.25) is 33.6 Å². The van der Waals surface area contributed by atoms with E-state index in [0.29, 0.717) is 41.8 Å². The standard InChI is InChI=1S/C51H62N12O7.C2HF3O2/c1-30(53)46(65)60-44(26-37-28-55-29-57-37)51(70)63-42(24-33-19-20-34-14-6-7-15-35(34)22-33)48(67)58-31(2)47(66)61-43(25-36-27-56-39-17-9-8-16-38(36)39)50(69)62-41(23-32-12-4-3-5-13-32)49(68)59-40(45(54)64)18-10-11-21-52;3-2(4,5)1(6)7/h3-9,12-17,19-20,22,27-31,40-44,56H,10-11,18,21,23-26,52-53H2,1-2H3,(H2,54,64)(H,55,57)(H,58,67)(H,59,68)(H,60,65)(H,61,66)(H,62,69)(H,63,70);(H,6,7)/t30-,31-,40-,41+,42+,43-,44-;/m0./s1. The summed E-state index contributed by atoms with van der Waals surface area (Å²) in [6.07, 6.45) is 0.973. The summed E-state index contributed by atoms with van der Waals surface area (Å²) in [6.45, 7) is 3.31. The normalized spacial score (nSPS) is 14.0. The van der Waals surface area contributed by atoms with Crippen molar-refractivity contribution in [2.75, 3.05) is 6.54 Å². The number of alkyl halides is 3. The number of aromatic nitrogens is 3. The molecule has 77 heavy (non-hydrogen) atoms. The number of imidazole rings is 1. The third kappa shape index (κ3) is 18.3. The van der Waals surface area contributed by atoms with Gasteiger partial charge in [-0.05, 0) is 73.2 Å². The van der Waals surface area contributed by atoms with E-state index in [4.69, 9.17) is 27.1 Å². The lowest BCUT2D eigenvalue weighted by Crippen LogP contribution is -2.60. The van der Waals surface area contributed by atoms with Crippen LogP contribution in [0.5, 0.6) is 0 Å². The molecular formula is C53H63F3N12O9. The number of carbonyl (C=O) groups is 8. The van der Waals surface area contributed by atoms with Crippen molar-refractivity contribution in [3.63, 3.8) is 0 Å². The topological polar surface area (TPSA) is 351 Å². The summed E-state index contributed by atoms with van der Waals surface area (Å²) in [7, 11) is 0. The van der Waals surface area contributed by atoms with E-state index < -0.39 is 95.8 Å². The van der Waals surface area contributed by atoms with Crippen LogP contribution in [0.2, 0.25) is 0 Å². The molecule has 0 aliphatic carbocycles. The number of rotatable bonds is 25. The SMILES string of the molecule is C[C@H](N)C(=O)N[C@@H](Cc1cnc[nH]1)C(=O)N[C@H](Cc1ccc2ccccc2c1)C(=O)N[C@@H](C)C(=O)N[C@@H](Cc1c[nH]c2ccccc12)C(=O)N[C@H](Cc1ccccc1)C(=O)N[C@@H](CCCCN)C(N)=O.O=C(O)C(F)(F)F. The predicted molar refractivity (Wildman–Crippen MR) is 279 cm³/mol. The summed E-state index contributed by atoms with van der Waals surface area (Å²) in [4.78, 5) is 115. The van der Waals surface area contributed by atoms with Gasteiger partial charge in [0.25, 0.3) is 0 Å². The third-order valence-corrected chi connectivity index (χ3v) is 12.2. The highest BCUT2D eigenvalue weighted by Gasteiger charge is 2.38. The molecule has 0 fully saturated rings. The van der Waals surface area contributed by atoms with E-state index in [1.807, 2.05) is 72.8 Å². The number of amides is 7. The van der Waals surface area contributed by atoms with Crippen molar-refractivity contribution in [2.24, 2.45) is 17.2 Å². The molecule has 4 aromatic carbocycles. The van der Waals surface area contributed by atoms with Crippen LogP contribution in [-0.4, -0.2) is 122 Å². The summed E-state index contributed by atoms with van der Waals surface area (Å²) in [5.74, 6) is -7.63. The lowest BCUT2D eigenvalue weighted by atomic mass is 10.00. The summed E-state index contributed by atoms with van der Waals surface area (Å²) in [5.41, 5.74) is 20.6. The summed E-state index contributed by atoms with van der Waals surface area (Å²) < 4.78 is 31.7. The molecular weight excluding hydrogens is 1010 g/mol. The number of carboxylic acids is 1. The van der Waals surface area contributed by atoms with Gasteiger partial charge in [-0.25, -0.2) is 9.78 Å². The van der Waals surface area contributed by atoms with Gasteiger partial charge in [0, 0.05) is 54.7 Å². The minimum Gasteiger partial charge on any atom is -0.475 e. The molecule has 0 saturated carbocycles. The van der Waals surface area contributed by atoms with Crippen LogP contribution in [0.25, 0.3) is 21.7 Å². The molecule has 7 atom stereocenters. The van der Waals surface area contributed by atoms with E-state index in [2.05, 4.69) is 46.9 Å². The van der Waals surface area contributed by atoms with E-state index in [0.717, 1.165) is 21.7 Å². The highest BCUT2D eigenvalue weighted by Crippen LogP contribution is 2.21. The molecule has 0 saturated heterocycles. The smallest absolute Gasteiger partial charge is 0.475 e. The van der Waals surface area contributed by atoms with Gasteiger partial charge in [0.15, 0.2) is 0 Å². The first kappa shape index (κ1) is 59.2. The van der Waals surface area contributed by atoms with Crippen molar-refractivity contribution in [2.45, 2.75) is 107 Å². The molecule has 6 aromatic rings. The number of nitrogens with zero attached hydrogens (tertiary/aromatic N) is 1. The van der Waals surface area contributed by atoms with Gasteiger partial charge in [-0.2, -0.15) is 13.2 Å². The number of hydrogen-bond donors (Lipinski definition) is 12. The molecule has 0 spiro atoms. The Kier molecular flexibility index (Phi) is 21.8. The number of primary amides is 1. The first-order valence-electron chi connectivity index (χ1n) is 24.5. The van der Waals surface area contributed by atoms with Crippen LogP contribution in [-0.2, 0) is 64.0 Å². The minimum atomic E-state index is -5.08. The van der Waals surface area contributed by atoms with E-state index in [9.17, 15) is 46.7 Å². The number of hydrogen-bond acceptors (Lipinski definition) is 11. The van der Waals surface area contributed by atoms with Crippen LogP contribution >= 0.6 is 0 Å². The van der Waals surface area contributed by atoms with Gasteiger partial charge in [-0.1, -0.05) is 91.0 Å². The number of aliphatic carboxylic acids is 1. The quantitative estimate of drug-likeness (QED) is 0.0366. The molecule has 410 valence electrons. The highest BCUT2D eigenvalue weighted by molar-refractivity contribution is 5.98. The molecule has 0 radical (unpaired) electrons. The number of carbonyl (C=O) groups excluding carboxylic acids is 7. The van der Waals surface area contributed by atoms with Crippen molar-refractivity contribution in [3.8, 4) is 0 Å². The zero-order valence-electron chi connectivity index (χ0n) is 42.2. The van der Waals surface area contributed by atoms with Gasteiger partial charge < -0.3 is 64.2 Å². The van der Waals surface area contributed by atoms with E-state index in [1.54, 1.807) is 30.5 Å². The number of halogens is 3. The van der Waals surface area contributed by atoms with Crippen molar-refractivity contribution < 1.29 is 56.6 Å². The van der Waals surface area contributed by atoms with E-state index in [1.165, 1.54) is 26.4 Å². The Morgan fingerprint density at radius 1 is 0.610 bits per heavy atom. The number of para-hydroxylation sites is 1. The summed E-state index contributed by atoms with van der Waals surface area (Å²) >= 11 is 0. The Hall–Kier alpha value is -8.64. The van der Waals surface area contributed by atoms with Crippen LogP contribution in [0.4, 0.5) is 13.2 Å². The summed E-state index contributed by atoms with van der Waals surface area (Å²) in [5, 5.41) is 26.3. The average molecular weight is 1070 g/mol. The Bertz CT molecular complexity index is 2970. The molecule has 6 rings (SSSR count). The maximum Gasteiger partial charge on any atom is 0.490 e. The van der Waals surface area contributed by atoms with E-state index >= 15 is 0 Å². The molecule has 2 aromatic heterocycles. The maximum atomic E-state index is 14.5. The monoisotopic (exact) mass is 1070 g/mol. The van der Waals surface area contributed by atoms with Crippen molar-refractivity contribution in [1.29, 1.82) is 0 Å². The van der Waals surface area contributed by atoms with Crippen LogP contribution in [0.3, 0.4) is 0 Å². The first-order valence-corrected chi connectivity index (χ1v) is 24.5. The van der Waals surface area contributed by atoms with Gasteiger partial charge >= 0.3 is 12.1 Å². The number of aromatic amines is 2. The molecule has 0 aliphatic rings. The average Bonchev–Trinajstić information content (AvgIpc) is 4.08. The third-order valence-electron chi connectivity index (χ3n) is 12.2. The Morgan fingerprint density at radius 2 is 1.14 bits per heavy atom. The zero-order valence-corrected chi connectivity index (χ0v) is 42.2. The largest absolute Gasteiger partial charge is 0.490 e. The van der Waals surface area contributed by atoms with Crippen LogP contribution in [0, 0.1) is 0 Å². The fourth-order valence-corrected chi connectivity index (χ4v) is 8.00. The second kappa shape index (κ2) is 28.3.